The molecule has 0 saturated heterocycles. The average molecular weight is 358 g/mol. The summed E-state index contributed by atoms with van der Waals surface area (Å²) in [5.74, 6) is 0.0684. The fraction of sp³-hybridized carbons (Fsp3) is 0.952. The van der Waals surface area contributed by atoms with Crippen LogP contribution in [0.5, 0.6) is 0 Å². The number of carbonyl (C=O) groups excluding carboxylic acids is 1. The number of unbranched alkanes of at least 4 members (excludes halogenated alkanes) is 9. The maximum absolute atomic E-state index is 10.8. The van der Waals surface area contributed by atoms with Gasteiger partial charge in [0.05, 0.1) is 12.2 Å². The molecule has 0 aromatic rings. The molecule has 0 spiro atoms. The molecule has 1 N–H and O–H groups in total. The fourth-order valence-electron chi connectivity index (χ4n) is 3.30. The maximum Gasteiger partial charge on any atom is 0.216 e. The molecule has 0 radical (unpaired) electrons. The molecule has 150 valence electrons. The van der Waals surface area contributed by atoms with Gasteiger partial charge in [-0.3, -0.25) is 4.79 Å². The second kappa shape index (κ2) is 18.2. The van der Waals surface area contributed by atoms with Gasteiger partial charge in [0.25, 0.3) is 0 Å². The Bertz CT molecular complexity index is 297. The predicted molar refractivity (Wildman–Crippen MR) is 106 cm³/mol. The molecule has 0 saturated carbocycles. The number of nitrogens with one attached hydrogen (secondary N) is 1. The number of ether oxygens (including phenoxy) is 2. The lowest BCUT2D eigenvalue weighted by molar-refractivity contribution is -0.118. The van der Waals surface area contributed by atoms with E-state index in [1.54, 1.807) is 6.92 Å². The van der Waals surface area contributed by atoms with Gasteiger partial charge in [0.1, 0.15) is 0 Å². The van der Waals surface area contributed by atoms with Crippen molar-refractivity contribution in [3.63, 3.8) is 0 Å². The molecular weight excluding hydrogens is 314 g/mol. The van der Waals surface area contributed by atoms with Gasteiger partial charge in [-0.25, -0.2) is 0 Å². The van der Waals surface area contributed by atoms with Gasteiger partial charge in [-0.1, -0.05) is 71.1 Å². The molecule has 0 aliphatic carbocycles. The Kier molecular flexibility index (Phi) is 17.7. The van der Waals surface area contributed by atoms with Crippen LogP contribution in [0.1, 0.15) is 97.3 Å². The minimum absolute atomic E-state index is 0.0684. The summed E-state index contributed by atoms with van der Waals surface area (Å²) in [5.41, 5.74) is 0. The highest BCUT2D eigenvalue weighted by atomic mass is 16.5. The Morgan fingerprint density at radius 3 is 1.64 bits per heavy atom. The summed E-state index contributed by atoms with van der Waals surface area (Å²) in [6, 6.07) is 0. The van der Waals surface area contributed by atoms with Crippen LogP contribution in [0, 0.1) is 0 Å². The first-order chi connectivity index (χ1) is 12.2. The van der Waals surface area contributed by atoms with E-state index in [-0.39, 0.29) is 18.1 Å². The van der Waals surface area contributed by atoms with Crippen LogP contribution in [0.2, 0.25) is 0 Å². The highest BCUT2D eigenvalue weighted by Crippen LogP contribution is 2.18. The van der Waals surface area contributed by atoms with E-state index >= 15 is 0 Å². The lowest BCUT2D eigenvalue weighted by Crippen LogP contribution is -2.30. The zero-order chi connectivity index (χ0) is 18.8. The van der Waals surface area contributed by atoms with E-state index in [9.17, 15) is 4.79 Å². The van der Waals surface area contributed by atoms with Crippen molar-refractivity contribution < 1.29 is 14.3 Å². The molecule has 0 aromatic heterocycles. The third kappa shape index (κ3) is 15.4. The molecule has 0 aromatic carbocycles. The molecule has 0 heterocycles. The van der Waals surface area contributed by atoms with Crippen molar-refractivity contribution in [3.05, 3.63) is 0 Å². The van der Waals surface area contributed by atoms with E-state index in [2.05, 4.69) is 12.2 Å². The smallest absolute Gasteiger partial charge is 0.216 e. The second-order valence-electron chi connectivity index (χ2n) is 7.14. The number of hydrogen-bond acceptors (Lipinski definition) is 3. The summed E-state index contributed by atoms with van der Waals surface area (Å²) in [7, 11) is 3.63. The van der Waals surface area contributed by atoms with Gasteiger partial charge in [-0.05, 0) is 19.3 Å². The molecule has 0 aliphatic heterocycles. The first kappa shape index (κ1) is 24.4. The molecule has 4 nitrogen and oxygen atoms in total. The summed E-state index contributed by atoms with van der Waals surface area (Å²) < 4.78 is 11.4. The number of carbonyl (C=O) groups is 1. The van der Waals surface area contributed by atoms with E-state index < -0.39 is 0 Å². The molecule has 2 atom stereocenters. The van der Waals surface area contributed by atoms with E-state index in [4.69, 9.17) is 9.47 Å². The minimum Gasteiger partial charge on any atom is -0.379 e. The molecule has 0 bridgehead atoms. The van der Waals surface area contributed by atoms with Gasteiger partial charge in [-0.2, -0.15) is 0 Å². The van der Waals surface area contributed by atoms with Crippen LogP contribution in [0.25, 0.3) is 0 Å². The van der Waals surface area contributed by atoms with Gasteiger partial charge < -0.3 is 14.8 Å². The van der Waals surface area contributed by atoms with Crippen LogP contribution in [0.15, 0.2) is 0 Å². The largest absolute Gasteiger partial charge is 0.379 e. The van der Waals surface area contributed by atoms with Crippen molar-refractivity contribution in [3.8, 4) is 0 Å². The van der Waals surface area contributed by atoms with Crippen molar-refractivity contribution >= 4 is 5.91 Å². The van der Waals surface area contributed by atoms with E-state index in [1.165, 1.54) is 64.2 Å². The van der Waals surface area contributed by atoms with Crippen LogP contribution in [0.4, 0.5) is 0 Å². The topological polar surface area (TPSA) is 47.6 Å². The van der Waals surface area contributed by atoms with Crippen LogP contribution >= 0.6 is 0 Å². The van der Waals surface area contributed by atoms with Crippen molar-refractivity contribution in [1.82, 2.24) is 5.32 Å². The molecule has 0 aliphatic rings. The van der Waals surface area contributed by atoms with Gasteiger partial charge >= 0.3 is 0 Å². The lowest BCUT2D eigenvalue weighted by atomic mass is 9.99. The van der Waals surface area contributed by atoms with Gasteiger partial charge in [0.2, 0.25) is 5.91 Å². The molecule has 1 amide bonds. The van der Waals surface area contributed by atoms with Gasteiger partial charge in [0.15, 0.2) is 0 Å². The average Bonchev–Trinajstić information content (AvgIpc) is 2.60. The second-order valence-corrected chi connectivity index (χ2v) is 7.14. The fourth-order valence-corrected chi connectivity index (χ4v) is 3.30. The molecule has 0 rings (SSSR count). The number of rotatable bonds is 18. The SMILES string of the molecule is CCCCCCCCC(OC)C(CCCCCCCNC(C)=O)OC. The third-order valence-corrected chi connectivity index (χ3v) is 4.90. The minimum atomic E-state index is 0.0684. The molecule has 0 fully saturated rings. The quantitative estimate of drug-likeness (QED) is 0.341. The summed E-state index contributed by atoms with van der Waals surface area (Å²) in [6.07, 6.45) is 16.5. The number of hydrogen-bond donors (Lipinski definition) is 1. The van der Waals surface area contributed by atoms with Crippen LogP contribution < -0.4 is 5.32 Å². The van der Waals surface area contributed by atoms with Crippen molar-refractivity contribution in [1.29, 1.82) is 0 Å². The highest BCUT2D eigenvalue weighted by Gasteiger charge is 2.20. The van der Waals surface area contributed by atoms with Crippen LogP contribution in [-0.4, -0.2) is 38.9 Å². The van der Waals surface area contributed by atoms with E-state index in [1.807, 2.05) is 14.2 Å². The summed E-state index contributed by atoms with van der Waals surface area (Å²) >= 11 is 0. The summed E-state index contributed by atoms with van der Waals surface area (Å²) in [5, 5.41) is 2.85. The van der Waals surface area contributed by atoms with E-state index in [0.717, 1.165) is 25.8 Å². The standard InChI is InChI=1S/C21H43NO3/c1-5-6-7-8-10-13-16-20(24-3)21(25-4)17-14-11-9-12-15-18-22-19(2)23/h20-21H,5-18H2,1-4H3,(H,22,23). The van der Waals surface area contributed by atoms with Gasteiger partial charge in [0, 0.05) is 27.7 Å². The summed E-state index contributed by atoms with van der Waals surface area (Å²) in [6.45, 7) is 4.63. The Hall–Kier alpha value is -0.610. The number of amides is 1. The predicted octanol–water partition coefficient (Wildman–Crippen LogP) is 5.24. The first-order valence-electron chi connectivity index (χ1n) is 10.5. The van der Waals surface area contributed by atoms with Crippen LogP contribution in [0.3, 0.4) is 0 Å². The zero-order valence-electron chi connectivity index (χ0n) is 17.3. The van der Waals surface area contributed by atoms with Crippen molar-refractivity contribution in [2.45, 2.75) is 110 Å². The maximum atomic E-state index is 10.8. The molecule has 2 unspecified atom stereocenters. The zero-order valence-corrected chi connectivity index (χ0v) is 17.3. The van der Waals surface area contributed by atoms with Crippen molar-refractivity contribution in [2.24, 2.45) is 0 Å². The highest BCUT2D eigenvalue weighted by molar-refractivity contribution is 5.72. The lowest BCUT2D eigenvalue weighted by Gasteiger charge is -2.25. The first-order valence-corrected chi connectivity index (χ1v) is 10.5. The summed E-state index contributed by atoms with van der Waals surface area (Å²) in [4.78, 5) is 10.8. The Balaban J connectivity index is 3.71. The van der Waals surface area contributed by atoms with Gasteiger partial charge in [-0.15, -0.1) is 0 Å². The number of methoxy groups -OCH3 is 2. The van der Waals surface area contributed by atoms with Crippen LogP contribution in [-0.2, 0) is 14.3 Å². The normalized spacial score (nSPS) is 13.6. The molecule has 25 heavy (non-hydrogen) atoms. The van der Waals surface area contributed by atoms with E-state index in [0.29, 0.717) is 0 Å². The molecule has 4 heteroatoms. The Morgan fingerprint density at radius 2 is 1.20 bits per heavy atom. The Morgan fingerprint density at radius 1 is 0.760 bits per heavy atom. The monoisotopic (exact) mass is 357 g/mol. The van der Waals surface area contributed by atoms with Crippen molar-refractivity contribution in [2.75, 3.05) is 20.8 Å². The Labute approximate surface area is 156 Å². The molecular formula is C21H43NO3. The third-order valence-electron chi connectivity index (χ3n) is 4.90.